The van der Waals surface area contributed by atoms with E-state index in [2.05, 4.69) is 14.7 Å². The van der Waals surface area contributed by atoms with Gasteiger partial charge in [0.15, 0.2) is 0 Å². The summed E-state index contributed by atoms with van der Waals surface area (Å²) >= 11 is 0. The van der Waals surface area contributed by atoms with Crippen LogP contribution in [0.15, 0.2) is 42.5 Å². The Hall–Kier alpha value is -1.44. The summed E-state index contributed by atoms with van der Waals surface area (Å²) in [6, 6.07) is 11.8. The van der Waals surface area contributed by atoms with Crippen molar-refractivity contribution in [3.8, 4) is 0 Å². The molecule has 0 bridgehead atoms. The van der Waals surface area contributed by atoms with Gasteiger partial charge in [0, 0.05) is 64.0 Å². The van der Waals surface area contributed by atoms with Gasteiger partial charge < -0.3 is 10.0 Å². The number of β-amino-alcohol motifs (C(OH)–C–C–N with tert-alkyl or cyclic N) is 1. The molecule has 32 heavy (non-hydrogen) atoms. The third-order valence-electron chi connectivity index (χ3n) is 6.47. The van der Waals surface area contributed by atoms with E-state index in [1.165, 1.54) is 12.1 Å². The average Bonchev–Trinajstić information content (AvgIpc) is 2.93. The first-order valence-electron chi connectivity index (χ1n) is 11.0. The fourth-order valence-corrected chi connectivity index (χ4v) is 4.76. The van der Waals surface area contributed by atoms with Crippen LogP contribution in [-0.2, 0) is 0 Å². The molecule has 1 atom stereocenters. The van der Waals surface area contributed by atoms with Crippen molar-refractivity contribution >= 4 is 30.5 Å². The van der Waals surface area contributed by atoms with Crippen LogP contribution in [-0.4, -0.2) is 73.9 Å². The number of rotatable bonds is 6. The van der Waals surface area contributed by atoms with Crippen molar-refractivity contribution in [2.24, 2.45) is 0 Å². The average molecular weight is 488 g/mol. The van der Waals surface area contributed by atoms with Gasteiger partial charge >= 0.3 is 0 Å². The van der Waals surface area contributed by atoms with Crippen molar-refractivity contribution in [2.75, 3.05) is 63.9 Å². The molecule has 2 aliphatic rings. The smallest absolute Gasteiger partial charge is 0.125 e. The lowest BCUT2D eigenvalue weighted by Gasteiger charge is -2.36. The number of hydrogen-bond acceptors (Lipinski definition) is 4. The standard InChI is InChI=1S/C24H31F2N3O.2ClH/c25-20-5-3-19(4-6-20)22-2-1-9-29(24-18-21(26)7-8-23(22)24)15-14-27-10-12-28(13-11-27)16-17-30;;/h3-8,18,22,30H,1-2,9-17H2;2*1H. The number of aliphatic hydroxyl groups excluding tert-OH is 1. The molecule has 0 radical (unpaired) electrons. The quantitative estimate of drug-likeness (QED) is 0.662. The van der Waals surface area contributed by atoms with Crippen molar-refractivity contribution in [3.63, 3.8) is 0 Å². The van der Waals surface area contributed by atoms with Crippen LogP contribution in [0.4, 0.5) is 14.5 Å². The van der Waals surface area contributed by atoms with Gasteiger partial charge in [0.2, 0.25) is 0 Å². The van der Waals surface area contributed by atoms with Gasteiger partial charge in [0.1, 0.15) is 11.6 Å². The first-order chi connectivity index (χ1) is 14.6. The molecule has 0 aliphatic carbocycles. The van der Waals surface area contributed by atoms with Crippen molar-refractivity contribution < 1.29 is 13.9 Å². The van der Waals surface area contributed by atoms with Gasteiger partial charge in [-0.05, 0) is 48.2 Å². The van der Waals surface area contributed by atoms with Gasteiger partial charge in [-0.2, -0.15) is 0 Å². The predicted octanol–water partition coefficient (Wildman–Crippen LogP) is 4.15. The largest absolute Gasteiger partial charge is 0.395 e. The Morgan fingerprint density at radius 3 is 2.06 bits per heavy atom. The highest BCUT2D eigenvalue weighted by molar-refractivity contribution is 5.85. The summed E-state index contributed by atoms with van der Waals surface area (Å²) in [5.41, 5.74) is 3.19. The van der Waals surface area contributed by atoms with E-state index in [9.17, 15) is 8.78 Å². The van der Waals surface area contributed by atoms with Crippen LogP contribution in [0.1, 0.15) is 29.9 Å². The summed E-state index contributed by atoms with van der Waals surface area (Å²) in [6.07, 6.45) is 1.99. The number of hydrogen-bond donors (Lipinski definition) is 1. The second kappa shape index (κ2) is 12.7. The second-order valence-corrected chi connectivity index (χ2v) is 8.34. The molecule has 178 valence electrons. The lowest BCUT2D eigenvalue weighted by molar-refractivity contribution is 0.114. The van der Waals surface area contributed by atoms with Crippen molar-refractivity contribution in [2.45, 2.75) is 18.8 Å². The van der Waals surface area contributed by atoms with E-state index in [1.807, 2.05) is 18.2 Å². The molecule has 8 heteroatoms. The Morgan fingerprint density at radius 2 is 1.41 bits per heavy atom. The number of fused-ring (bicyclic) bond motifs is 1. The molecule has 1 unspecified atom stereocenters. The molecule has 0 saturated carbocycles. The zero-order valence-electron chi connectivity index (χ0n) is 18.3. The van der Waals surface area contributed by atoms with Crippen molar-refractivity contribution in [1.29, 1.82) is 0 Å². The maximum atomic E-state index is 14.2. The van der Waals surface area contributed by atoms with Gasteiger partial charge in [0.05, 0.1) is 6.61 Å². The Bertz CT molecular complexity index is 832. The predicted molar refractivity (Wildman–Crippen MR) is 131 cm³/mol. The van der Waals surface area contributed by atoms with Crippen LogP contribution in [0.25, 0.3) is 0 Å². The molecular formula is C24H33Cl2F2N3O. The zero-order valence-corrected chi connectivity index (χ0v) is 19.9. The fourth-order valence-electron chi connectivity index (χ4n) is 4.76. The minimum atomic E-state index is -0.229. The number of anilines is 1. The van der Waals surface area contributed by atoms with Crippen LogP contribution >= 0.6 is 24.8 Å². The van der Waals surface area contributed by atoms with Gasteiger partial charge in [-0.15, -0.1) is 24.8 Å². The Balaban J connectivity index is 0.00000181. The molecule has 2 aliphatic heterocycles. The molecule has 1 fully saturated rings. The summed E-state index contributed by atoms with van der Waals surface area (Å²) in [7, 11) is 0. The molecule has 2 aromatic rings. The number of benzene rings is 2. The molecule has 2 heterocycles. The molecule has 2 aromatic carbocycles. The summed E-state index contributed by atoms with van der Waals surface area (Å²) in [4.78, 5) is 7.07. The molecule has 4 rings (SSSR count). The summed E-state index contributed by atoms with van der Waals surface area (Å²) < 4.78 is 27.6. The Labute approximate surface area is 202 Å². The topological polar surface area (TPSA) is 30.0 Å². The van der Waals surface area contributed by atoms with Gasteiger partial charge in [-0.25, -0.2) is 8.78 Å². The van der Waals surface area contributed by atoms with Crippen molar-refractivity contribution in [1.82, 2.24) is 9.80 Å². The molecule has 0 spiro atoms. The Kier molecular flexibility index (Phi) is 10.6. The molecule has 1 saturated heterocycles. The maximum absolute atomic E-state index is 14.2. The summed E-state index contributed by atoms with van der Waals surface area (Å²) in [5, 5.41) is 9.11. The van der Waals surface area contributed by atoms with E-state index >= 15 is 0 Å². The maximum Gasteiger partial charge on any atom is 0.125 e. The van der Waals surface area contributed by atoms with Crippen LogP contribution < -0.4 is 4.90 Å². The lowest BCUT2D eigenvalue weighted by Crippen LogP contribution is -2.49. The van der Waals surface area contributed by atoms with E-state index < -0.39 is 0 Å². The number of halogens is 4. The molecule has 0 amide bonds. The third kappa shape index (κ3) is 6.55. The minimum absolute atomic E-state index is 0. The minimum Gasteiger partial charge on any atom is -0.395 e. The van der Waals surface area contributed by atoms with E-state index in [0.29, 0.717) is 0 Å². The van der Waals surface area contributed by atoms with Crippen LogP contribution in [0.3, 0.4) is 0 Å². The lowest BCUT2D eigenvalue weighted by atomic mass is 9.87. The highest BCUT2D eigenvalue weighted by atomic mass is 35.5. The van der Waals surface area contributed by atoms with Crippen molar-refractivity contribution in [3.05, 3.63) is 65.2 Å². The van der Waals surface area contributed by atoms with Crippen LogP contribution in [0, 0.1) is 11.6 Å². The number of aliphatic hydroxyl groups is 1. The van der Waals surface area contributed by atoms with E-state index in [1.54, 1.807) is 12.1 Å². The second-order valence-electron chi connectivity index (χ2n) is 8.34. The SMILES string of the molecule is Cl.Cl.OCCN1CCN(CCN2CCCC(c3ccc(F)cc3)c3ccc(F)cc32)CC1. The third-order valence-corrected chi connectivity index (χ3v) is 6.47. The molecule has 0 aromatic heterocycles. The van der Waals surface area contributed by atoms with E-state index in [0.717, 1.165) is 82.0 Å². The molecule has 1 N–H and O–H groups in total. The first-order valence-corrected chi connectivity index (χ1v) is 11.0. The number of piperazine rings is 1. The van der Waals surface area contributed by atoms with E-state index in [4.69, 9.17) is 5.11 Å². The Morgan fingerprint density at radius 1 is 0.781 bits per heavy atom. The van der Waals surface area contributed by atoms with Gasteiger partial charge in [0.25, 0.3) is 0 Å². The normalized spacial score (nSPS) is 19.5. The highest BCUT2D eigenvalue weighted by Gasteiger charge is 2.25. The van der Waals surface area contributed by atoms with Gasteiger partial charge in [-0.3, -0.25) is 9.80 Å². The number of nitrogens with zero attached hydrogens (tertiary/aromatic N) is 3. The van der Waals surface area contributed by atoms with E-state index in [-0.39, 0.29) is 49.0 Å². The van der Waals surface area contributed by atoms with Crippen LogP contribution in [0.2, 0.25) is 0 Å². The van der Waals surface area contributed by atoms with Crippen LogP contribution in [0.5, 0.6) is 0 Å². The fraction of sp³-hybridized carbons (Fsp3) is 0.500. The monoisotopic (exact) mass is 487 g/mol. The highest BCUT2D eigenvalue weighted by Crippen LogP contribution is 2.39. The molecular weight excluding hydrogens is 455 g/mol. The zero-order chi connectivity index (χ0) is 20.9. The summed E-state index contributed by atoms with van der Waals surface area (Å²) in [6.45, 7) is 7.65. The molecule has 4 nitrogen and oxygen atoms in total. The summed E-state index contributed by atoms with van der Waals surface area (Å²) in [5.74, 6) is -0.281. The van der Waals surface area contributed by atoms with Gasteiger partial charge in [-0.1, -0.05) is 18.2 Å². The first kappa shape index (κ1) is 26.8.